The Kier molecular flexibility index (Phi) is 5.27. The first-order valence-electron chi connectivity index (χ1n) is 9.64. The van der Waals surface area contributed by atoms with E-state index in [1.165, 1.54) is 0 Å². The molecule has 1 aliphatic heterocycles. The fourth-order valence-corrected chi connectivity index (χ4v) is 6.32. The minimum Gasteiger partial charge on any atom is -0.550 e. The molecular formula is C21H16BrClN5O2S-. The summed E-state index contributed by atoms with van der Waals surface area (Å²) >= 11 is 11.4. The van der Waals surface area contributed by atoms with E-state index in [-0.39, 0.29) is 12.3 Å². The van der Waals surface area contributed by atoms with E-state index in [2.05, 4.69) is 42.1 Å². The molecule has 1 atom stereocenters. The van der Waals surface area contributed by atoms with Gasteiger partial charge in [-0.1, -0.05) is 39.3 Å². The first-order chi connectivity index (χ1) is 14.9. The second-order valence-electron chi connectivity index (χ2n) is 7.46. The molecule has 0 aliphatic carbocycles. The van der Waals surface area contributed by atoms with Gasteiger partial charge in [0.05, 0.1) is 5.52 Å². The van der Waals surface area contributed by atoms with Crippen molar-refractivity contribution in [1.82, 2.24) is 24.8 Å². The van der Waals surface area contributed by atoms with Crippen molar-refractivity contribution >= 4 is 56.2 Å². The van der Waals surface area contributed by atoms with Gasteiger partial charge in [0.1, 0.15) is 0 Å². The first kappa shape index (κ1) is 20.5. The highest BCUT2D eigenvalue weighted by molar-refractivity contribution is 9.10. The molecule has 4 aromatic rings. The third kappa shape index (κ3) is 3.64. The molecule has 0 radical (unpaired) electrons. The lowest BCUT2D eigenvalue weighted by atomic mass is 10.00. The van der Waals surface area contributed by atoms with Crippen LogP contribution in [0.1, 0.15) is 24.5 Å². The number of hydrogen-bond acceptors (Lipinski definition) is 6. The van der Waals surface area contributed by atoms with E-state index >= 15 is 0 Å². The normalized spacial score (nSPS) is 15.5. The predicted octanol–water partition coefficient (Wildman–Crippen LogP) is 4.03. The summed E-state index contributed by atoms with van der Waals surface area (Å²) in [6, 6.07) is 11.7. The number of hydrogen-bond donors (Lipinski definition) is 0. The molecule has 0 N–H and O–H groups in total. The van der Waals surface area contributed by atoms with E-state index in [0.717, 1.165) is 49.4 Å². The van der Waals surface area contributed by atoms with Crippen molar-refractivity contribution in [2.24, 2.45) is 7.05 Å². The zero-order chi connectivity index (χ0) is 21.7. The van der Waals surface area contributed by atoms with Crippen molar-refractivity contribution < 1.29 is 9.90 Å². The minimum absolute atomic E-state index is 0.00216. The van der Waals surface area contributed by atoms with Crippen molar-refractivity contribution in [2.45, 2.75) is 35.1 Å². The van der Waals surface area contributed by atoms with Crippen molar-refractivity contribution in [3.63, 3.8) is 0 Å². The number of carbonyl (C=O) groups is 1. The molecule has 2 aromatic heterocycles. The van der Waals surface area contributed by atoms with Crippen LogP contribution < -0.4 is 5.11 Å². The maximum Gasteiger partial charge on any atom is 0.181 e. The van der Waals surface area contributed by atoms with Crippen LogP contribution in [0.5, 0.6) is 0 Å². The summed E-state index contributed by atoms with van der Waals surface area (Å²) in [7, 11) is 1.80. The van der Waals surface area contributed by atoms with Gasteiger partial charge in [-0.2, -0.15) is 0 Å². The molecule has 5 rings (SSSR count). The molecule has 31 heavy (non-hydrogen) atoms. The number of carboxylic acid groups (broad SMARTS) is 1. The molecule has 0 bridgehead atoms. The molecule has 158 valence electrons. The fraction of sp³-hybridized carbons (Fsp3) is 0.238. The quantitative estimate of drug-likeness (QED) is 0.397. The molecule has 0 amide bonds. The lowest BCUT2D eigenvalue weighted by Crippen LogP contribution is -2.24. The van der Waals surface area contributed by atoms with E-state index < -0.39 is 5.97 Å². The molecule has 0 fully saturated rings. The number of aromatic nitrogens is 5. The van der Waals surface area contributed by atoms with Gasteiger partial charge in [-0.15, -0.1) is 5.10 Å². The van der Waals surface area contributed by atoms with Crippen LogP contribution in [-0.4, -0.2) is 30.7 Å². The molecule has 3 heterocycles. The summed E-state index contributed by atoms with van der Waals surface area (Å²) in [4.78, 5) is 13.5. The molecule has 0 saturated carbocycles. The van der Waals surface area contributed by atoms with Gasteiger partial charge in [-0.3, -0.25) is 0 Å². The summed E-state index contributed by atoms with van der Waals surface area (Å²) in [6.07, 6.45) is 0.767. The van der Waals surface area contributed by atoms with Gasteiger partial charge >= 0.3 is 0 Å². The largest absolute Gasteiger partial charge is 0.550 e. The highest BCUT2D eigenvalue weighted by Crippen LogP contribution is 2.49. The van der Waals surface area contributed by atoms with Gasteiger partial charge in [-0.25, -0.2) is 4.68 Å². The number of nitrogens with zero attached hydrogens (tertiary/aromatic N) is 5. The van der Waals surface area contributed by atoms with Crippen LogP contribution in [0, 0.1) is 0 Å². The first-order valence-corrected chi connectivity index (χ1v) is 11.6. The van der Waals surface area contributed by atoms with E-state index in [0.29, 0.717) is 10.8 Å². The molecule has 0 spiro atoms. The Hall–Kier alpha value is -2.36. The van der Waals surface area contributed by atoms with Crippen LogP contribution >= 0.6 is 39.3 Å². The van der Waals surface area contributed by atoms with Gasteiger partial charge < -0.3 is 14.5 Å². The van der Waals surface area contributed by atoms with Crippen molar-refractivity contribution in [2.75, 3.05) is 0 Å². The third-order valence-electron chi connectivity index (χ3n) is 5.52. The summed E-state index contributed by atoms with van der Waals surface area (Å²) in [5.41, 5.74) is 2.95. The van der Waals surface area contributed by atoms with Crippen LogP contribution in [0.2, 0.25) is 5.02 Å². The third-order valence-corrected chi connectivity index (χ3v) is 7.53. The fourth-order valence-electron chi connectivity index (χ4n) is 4.21. The average Bonchev–Trinajstić information content (AvgIpc) is 3.40. The number of aliphatic carboxylic acids is 1. The van der Waals surface area contributed by atoms with Gasteiger partial charge in [0.2, 0.25) is 0 Å². The monoisotopic (exact) mass is 516 g/mol. The van der Waals surface area contributed by atoms with Gasteiger partial charge in [-0.05, 0) is 59.7 Å². The summed E-state index contributed by atoms with van der Waals surface area (Å²) in [5, 5.41) is 25.0. The number of tetrazole rings is 1. The summed E-state index contributed by atoms with van der Waals surface area (Å²) in [5.74, 6) is -0.468. The maximum atomic E-state index is 11.4. The van der Waals surface area contributed by atoms with Crippen LogP contribution in [0.15, 0.2) is 50.7 Å². The molecule has 1 unspecified atom stereocenters. The standard InChI is InChI=1S/C21H17BrClN5O2S/c1-27-21(24-25-26-27)12-8-15(22)18-16(9-12)28-7-6-11(10-17(29)30)19(28)20(18)31-14-4-2-13(23)3-5-14/h2-5,8-9,11H,6-7,10H2,1H3,(H,29,30)/p-1. The Bertz CT molecular complexity index is 1320. The Labute approximate surface area is 195 Å². The number of fused-ring (bicyclic) bond motifs is 3. The van der Waals surface area contributed by atoms with E-state index in [1.54, 1.807) is 23.5 Å². The zero-order valence-corrected chi connectivity index (χ0v) is 19.5. The van der Waals surface area contributed by atoms with E-state index in [1.807, 2.05) is 30.3 Å². The lowest BCUT2D eigenvalue weighted by Gasteiger charge is -2.13. The second kappa shape index (κ2) is 7.96. The Morgan fingerprint density at radius 2 is 2.10 bits per heavy atom. The van der Waals surface area contributed by atoms with Crippen molar-refractivity contribution in [1.29, 1.82) is 0 Å². The van der Waals surface area contributed by atoms with Crippen LogP contribution in [0.4, 0.5) is 0 Å². The molecule has 10 heteroatoms. The van der Waals surface area contributed by atoms with Gasteiger partial charge in [0.25, 0.3) is 0 Å². The lowest BCUT2D eigenvalue weighted by molar-refractivity contribution is -0.306. The summed E-state index contributed by atoms with van der Waals surface area (Å²) < 4.78 is 4.76. The van der Waals surface area contributed by atoms with Crippen LogP contribution in [0.3, 0.4) is 0 Å². The Morgan fingerprint density at radius 3 is 2.77 bits per heavy atom. The minimum atomic E-state index is -1.03. The van der Waals surface area contributed by atoms with Crippen LogP contribution in [-0.2, 0) is 18.4 Å². The SMILES string of the molecule is Cn1nnnc1-c1cc(Br)c2c(Sc3ccc(Cl)cc3)c3n(c2c1)CCC3CC(=O)[O-]. The Morgan fingerprint density at radius 1 is 1.32 bits per heavy atom. The number of carboxylic acids is 1. The highest BCUT2D eigenvalue weighted by atomic mass is 79.9. The van der Waals surface area contributed by atoms with Gasteiger partial charge in [0.15, 0.2) is 5.82 Å². The molecule has 0 saturated heterocycles. The average molecular weight is 518 g/mol. The topological polar surface area (TPSA) is 88.7 Å². The van der Waals surface area contributed by atoms with Crippen molar-refractivity contribution in [3.05, 3.63) is 51.6 Å². The zero-order valence-electron chi connectivity index (χ0n) is 16.4. The summed E-state index contributed by atoms with van der Waals surface area (Å²) in [6.45, 7) is 0.748. The molecular weight excluding hydrogens is 502 g/mol. The molecule has 7 nitrogen and oxygen atoms in total. The number of carbonyl (C=O) groups excluding carboxylic acids is 1. The number of benzene rings is 2. The second-order valence-corrected chi connectivity index (χ2v) is 9.84. The van der Waals surface area contributed by atoms with Gasteiger partial charge in [0, 0.05) is 61.4 Å². The highest BCUT2D eigenvalue weighted by Gasteiger charge is 2.31. The maximum absolute atomic E-state index is 11.4. The Balaban J connectivity index is 1.72. The smallest absolute Gasteiger partial charge is 0.181 e. The van der Waals surface area contributed by atoms with E-state index in [9.17, 15) is 9.90 Å². The molecule has 1 aliphatic rings. The number of halogens is 2. The molecule has 2 aromatic carbocycles. The predicted molar refractivity (Wildman–Crippen MR) is 120 cm³/mol. The van der Waals surface area contributed by atoms with Crippen LogP contribution in [0.25, 0.3) is 22.3 Å². The number of rotatable bonds is 5. The van der Waals surface area contributed by atoms with E-state index in [4.69, 9.17) is 11.6 Å². The van der Waals surface area contributed by atoms with Crippen molar-refractivity contribution in [3.8, 4) is 11.4 Å². The number of aryl methyl sites for hydroxylation is 2.